The maximum Gasteiger partial charge on any atom is 0.513 e. The lowest BCUT2D eigenvalue weighted by Crippen LogP contribution is -2.63. The number of benzene rings is 1. The predicted octanol–water partition coefficient (Wildman–Crippen LogP) is 0.625. The maximum atomic E-state index is 11.5. The van der Waals surface area contributed by atoms with Crippen LogP contribution in [0.4, 0.5) is 10.5 Å². The molecule has 112 valence electrons. The summed E-state index contributed by atoms with van der Waals surface area (Å²) in [6.07, 6.45) is -0.462. The van der Waals surface area contributed by atoms with E-state index >= 15 is 0 Å². The molecule has 1 heterocycles. The minimum absolute atomic E-state index is 0.0858. The van der Waals surface area contributed by atoms with Gasteiger partial charge in [-0.15, -0.1) is 0 Å². The standard InChI is InChI=1S/C12H12N2O7/c15-8-13-12(5-19-6-12)7-20-11(16)21-10-3-1-9(2-4-10)14(17)18/h1-4,8H,5-7H2,(H,13,15). The molecule has 9 nitrogen and oxygen atoms in total. The Hall–Kier alpha value is -2.68. The van der Waals surface area contributed by atoms with Gasteiger partial charge in [-0.25, -0.2) is 4.79 Å². The van der Waals surface area contributed by atoms with E-state index in [9.17, 15) is 19.7 Å². The van der Waals surface area contributed by atoms with E-state index in [0.717, 1.165) is 0 Å². The highest BCUT2D eigenvalue weighted by Gasteiger charge is 2.40. The van der Waals surface area contributed by atoms with Crippen molar-refractivity contribution < 1.29 is 28.7 Å². The van der Waals surface area contributed by atoms with E-state index in [-0.39, 0.29) is 31.3 Å². The Bertz CT molecular complexity index is 539. The molecule has 0 saturated carbocycles. The van der Waals surface area contributed by atoms with Gasteiger partial charge in [-0.2, -0.15) is 0 Å². The highest BCUT2D eigenvalue weighted by Crippen LogP contribution is 2.19. The lowest BCUT2D eigenvalue weighted by atomic mass is 9.99. The van der Waals surface area contributed by atoms with E-state index in [1.165, 1.54) is 24.3 Å². The second kappa shape index (κ2) is 6.18. The number of hydrogen-bond donors (Lipinski definition) is 1. The van der Waals surface area contributed by atoms with E-state index in [4.69, 9.17) is 14.2 Å². The van der Waals surface area contributed by atoms with Gasteiger partial charge in [0.2, 0.25) is 6.41 Å². The Labute approximate surface area is 118 Å². The first-order valence-corrected chi connectivity index (χ1v) is 5.93. The van der Waals surface area contributed by atoms with Gasteiger partial charge < -0.3 is 19.5 Å². The number of non-ortho nitro benzene ring substituents is 1. The van der Waals surface area contributed by atoms with Gasteiger partial charge >= 0.3 is 6.16 Å². The zero-order chi connectivity index (χ0) is 15.3. The van der Waals surface area contributed by atoms with Crippen LogP contribution in [0.1, 0.15) is 0 Å². The van der Waals surface area contributed by atoms with Gasteiger partial charge in [0.05, 0.1) is 18.1 Å². The fourth-order valence-corrected chi connectivity index (χ4v) is 1.64. The van der Waals surface area contributed by atoms with E-state index in [1.807, 2.05) is 0 Å². The summed E-state index contributed by atoms with van der Waals surface area (Å²) in [5, 5.41) is 13.0. The first-order chi connectivity index (χ1) is 10.0. The molecule has 1 fully saturated rings. The van der Waals surface area contributed by atoms with E-state index in [2.05, 4.69) is 5.32 Å². The van der Waals surface area contributed by atoms with Crippen LogP contribution in [0.2, 0.25) is 0 Å². The largest absolute Gasteiger partial charge is 0.513 e. The third-order valence-corrected chi connectivity index (χ3v) is 2.84. The van der Waals surface area contributed by atoms with Crippen molar-refractivity contribution in [2.45, 2.75) is 5.54 Å². The fraction of sp³-hybridized carbons (Fsp3) is 0.333. The molecule has 1 aliphatic rings. The maximum absolute atomic E-state index is 11.5. The molecular formula is C12H12N2O7. The molecule has 1 amide bonds. The highest BCUT2D eigenvalue weighted by atomic mass is 16.7. The topological polar surface area (TPSA) is 117 Å². The van der Waals surface area contributed by atoms with Crippen molar-refractivity contribution in [3.8, 4) is 5.75 Å². The zero-order valence-electron chi connectivity index (χ0n) is 10.8. The molecule has 1 aromatic rings. The summed E-state index contributed by atoms with van der Waals surface area (Å²) in [6.45, 7) is 0.407. The van der Waals surface area contributed by atoms with Crippen LogP contribution in [0.3, 0.4) is 0 Å². The quantitative estimate of drug-likeness (QED) is 0.269. The summed E-state index contributed by atoms with van der Waals surface area (Å²) in [4.78, 5) is 31.8. The monoisotopic (exact) mass is 296 g/mol. The highest BCUT2D eigenvalue weighted by molar-refractivity contribution is 5.64. The van der Waals surface area contributed by atoms with Crippen LogP contribution >= 0.6 is 0 Å². The summed E-state index contributed by atoms with van der Waals surface area (Å²) in [6, 6.07) is 4.98. The van der Waals surface area contributed by atoms with Crippen molar-refractivity contribution in [2.75, 3.05) is 19.8 Å². The molecule has 0 spiro atoms. The van der Waals surface area contributed by atoms with Crippen molar-refractivity contribution in [1.82, 2.24) is 5.32 Å². The van der Waals surface area contributed by atoms with Crippen LogP contribution in [0.5, 0.6) is 5.75 Å². The van der Waals surface area contributed by atoms with E-state index < -0.39 is 16.6 Å². The molecule has 0 aliphatic carbocycles. The molecule has 0 unspecified atom stereocenters. The number of hydrogen-bond acceptors (Lipinski definition) is 7. The van der Waals surface area contributed by atoms with Crippen molar-refractivity contribution in [2.24, 2.45) is 0 Å². The second-order valence-corrected chi connectivity index (χ2v) is 4.43. The number of carbonyl (C=O) groups excluding carboxylic acids is 2. The predicted molar refractivity (Wildman–Crippen MR) is 67.8 cm³/mol. The molecule has 1 aliphatic heterocycles. The minimum Gasteiger partial charge on any atom is -0.431 e. The number of rotatable bonds is 6. The normalized spacial score (nSPS) is 15.4. The first-order valence-electron chi connectivity index (χ1n) is 5.93. The molecule has 0 radical (unpaired) electrons. The first kappa shape index (κ1) is 14.7. The Kier molecular flexibility index (Phi) is 4.33. The van der Waals surface area contributed by atoms with Gasteiger partial charge in [-0.05, 0) is 12.1 Å². The van der Waals surface area contributed by atoms with Crippen LogP contribution in [-0.4, -0.2) is 42.8 Å². The molecule has 1 N–H and O–H groups in total. The van der Waals surface area contributed by atoms with Gasteiger partial charge in [-0.1, -0.05) is 0 Å². The number of nitrogens with zero attached hydrogens (tertiary/aromatic N) is 1. The summed E-state index contributed by atoms with van der Waals surface area (Å²) in [5.41, 5.74) is -0.826. The van der Waals surface area contributed by atoms with Gasteiger partial charge in [0.1, 0.15) is 17.9 Å². The van der Waals surface area contributed by atoms with Crippen LogP contribution in [-0.2, 0) is 14.3 Å². The molecule has 2 rings (SSSR count). The smallest absolute Gasteiger partial charge is 0.431 e. The van der Waals surface area contributed by atoms with Gasteiger partial charge in [-0.3, -0.25) is 14.9 Å². The van der Waals surface area contributed by atoms with Crippen molar-refractivity contribution in [3.05, 3.63) is 34.4 Å². The molecule has 0 aromatic heterocycles. The van der Waals surface area contributed by atoms with Crippen LogP contribution in [0.15, 0.2) is 24.3 Å². The SMILES string of the molecule is O=CNC1(COC(=O)Oc2ccc([N+](=O)[O-])cc2)COC1. The molecular weight excluding hydrogens is 284 g/mol. The van der Waals surface area contributed by atoms with Gasteiger partial charge in [0, 0.05) is 12.1 Å². The Morgan fingerprint density at radius 1 is 1.43 bits per heavy atom. The lowest BCUT2D eigenvalue weighted by molar-refractivity contribution is -0.384. The van der Waals surface area contributed by atoms with Gasteiger partial charge in [0.15, 0.2) is 0 Å². The third kappa shape index (κ3) is 3.66. The number of nitro benzene ring substituents is 1. The number of ether oxygens (including phenoxy) is 3. The molecule has 1 aromatic carbocycles. The summed E-state index contributed by atoms with van der Waals surface area (Å²) in [7, 11) is 0. The number of nitrogens with one attached hydrogen (secondary N) is 1. The minimum atomic E-state index is -0.970. The molecule has 0 bridgehead atoms. The lowest BCUT2D eigenvalue weighted by Gasteiger charge is -2.39. The van der Waals surface area contributed by atoms with Crippen LogP contribution in [0.25, 0.3) is 0 Å². The number of carbonyl (C=O) groups is 2. The molecule has 9 heteroatoms. The summed E-state index contributed by atoms with van der Waals surface area (Å²) >= 11 is 0. The van der Waals surface area contributed by atoms with E-state index in [1.54, 1.807) is 0 Å². The second-order valence-electron chi connectivity index (χ2n) is 4.43. The number of amides is 1. The molecule has 0 atom stereocenters. The Morgan fingerprint density at radius 3 is 2.57 bits per heavy atom. The Morgan fingerprint density at radius 2 is 2.10 bits per heavy atom. The van der Waals surface area contributed by atoms with Crippen molar-refractivity contribution in [3.63, 3.8) is 0 Å². The fourth-order valence-electron chi connectivity index (χ4n) is 1.64. The Balaban J connectivity index is 1.84. The van der Waals surface area contributed by atoms with Crippen molar-refractivity contribution in [1.29, 1.82) is 0 Å². The molecule has 21 heavy (non-hydrogen) atoms. The van der Waals surface area contributed by atoms with Gasteiger partial charge in [0.25, 0.3) is 5.69 Å². The third-order valence-electron chi connectivity index (χ3n) is 2.84. The van der Waals surface area contributed by atoms with Crippen LogP contribution in [0, 0.1) is 10.1 Å². The summed E-state index contributed by atoms with van der Waals surface area (Å²) < 4.78 is 14.7. The average Bonchev–Trinajstić information content (AvgIpc) is 2.42. The molecule has 1 saturated heterocycles. The number of nitro groups is 1. The van der Waals surface area contributed by atoms with Crippen molar-refractivity contribution >= 4 is 18.3 Å². The summed E-state index contributed by atoms with van der Waals surface area (Å²) in [5.74, 6) is 0.118. The van der Waals surface area contributed by atoms with Crippen LogP contribution < -0.4 is 10.1 Å². The average molecular weight is 296 g/mol. The van der Waals surface area contributed by atoms with E-state index in [0.29, 0.717) is 6.41 Å². The zero-order valence-corrected chi connectivity index (χ0v) is 10.8.